The lowest BCUT2D eigenvalue weighted by Crippen LogP contribution is -2.15. The first kappa shape index (κ1) is 31.6. The Morgan fingerprint density at radius 3 is 2.02 bits per heavy atom. The fourth-order valence-electron chi connectivity index (χ4n) is 9.74. The first-order chi connectivity index (χ1) is 27.5. The van der Waals surface area contributed by atoms with Crippen molar-refractivity contribution < 1.29 is 0 Å². The Kier molecular flexibility index (Phi) is 6.59. The normalized spacial score (nSPS) is 13.3. The molecule has 0 aliphatic heterocycles. The van der Waals surface area contributed by atoms with Gasteiger partial charge in [-0.1, -0.05) is 141 Å². The Bertz CT molecular complexity index is 3350. The Labute approximate surface area is 329 Å². The highest BCUT2D eigenvalue weighted by Gasteiger charge is 2.35. The number of para-hydroxylation sites is 2. The summed E-state index contributed by atoms with van der Waals surface area (Å²) in [6.07, 6.45) is 0. The first-order valence-corrected chi connectivity index (χ1v) is 20.3. The largest absolute Gasteiger partial charge is 0.310 e. The van der Waals surface area contributed by atoms with Crippen molar-refractivity contribution in [3.63, 3.8) is 0 Å². The average Bonchev–Trinajstić information content (AvgIpc) is 3.95. The van der Waals surface area contributed by atoms with Crippen LogP contribution in [0, 0.1) is 0 Å². The molecular formula is C53H36N2S. The SMILES string of the molecule is CC1(C)c2ccccc2-c2cc(N(c3cccc(-c4cc5c6ccccc6n6c5c(c4)c4sc5ccccc5c46)c3)c3ccccc3-c3ccccc3)ccc21. The molecule has 2 nitrogen and oxygen atoms in total. The van der Waals surface area contributed by atoms with E-state index in [1.165, 1.54) is 92.0 Å². The monoisotopic (exact) mass is 732 g/mol. The molecule has 0 bridgehead atoms. The van der Waals surface area contributed by atoms with Crippen molar-refractivity contribution in [2.24, 2.45) is 0 Å². The van der Waals surface area contributed by atoms with E-state index < -0.39 is 0 Å². The maximum absolute atomic E-state index is 2.52. The molecule has 56 heavy (non-hydrogen) atoms. The number of rotatable bonds is 5. The molecule has 0 spiro atoms. The van der Waals surface area contributed by atoms with Gasteiger partial charge in [-0.3, -0.25) is 0 Å². The third kappa shape index (κ3) is 4.38. The smallest absolute Gasteiger partial charge is 0.0728 e. The Hall–Kier alpha value is -6.68. The van der Waals surface area contributed by atoms with E-state index in [9.17, 15) is 0 Å². The van der Waals surface area contributed by atoms with Crippen LogP contribution in [0.4, 0.5) is 17.1 Å². The zero-order valence-corrected chi connectivity index (χ0v) is 31.9. The van der Waals surface area contributed by atoms with Crippen molar-refractivity contribution in [1.29, 1.82) is 0 Å². The predicted molar refractivity (Wildman–Crippen MR) is 240 cm³/mol. The Balaban J connectivity index is 1.10. The number of hydrogen-bond acceptors (Lipinski definition) is 2. The lowest BCUT2D eigenvalue weighted by atomic mass is 9.82. The summed E-state index contributed by atoms with van der Waals surface area (Å²) in [7, 11) is 0. The zero-order valence-electron chi connectivity index (χ0n) is 31.1. The van der Waals surface area contributed by atoms with Crippen LogP contribution in [0.3, 0.4) is 0 Å². The molecule has 3 aromatic heterocycles. The lowest BCUT2D eigenvalue weighted by Gasteiger charge is -2.29. The molecular weight excluding hydrogens is 697 g/mol. The maximum Gasteiger partial charge on any atom is 0.0728 e. The van der Waals surface area contributed by atoms with Gasteiger partial charge in [0.25, 0.3) is 0 Å². The molecule has 12 rings (SSSR count). The van der Waals surface area contributed by atoms with Gasteiger partial charge in [0, 0.05) is 48.6 Å². The number of anilines is 3. The topological polar surface area (TPSA) is 7.65 Å². The van der Waals surface area contributed by atoms with Crippen molar-refractivity contribution in [2.45, 2.75) is 19.3 Å². The van der Waals surface area contributed by atoms with Crippen LogP contribution in [-0.2, 0) is 5.41 Å². The zero-order chi connectivity index (χ0) is 37.1. The molecule has 0 saturated heterocycles. The minimum absolute atomic E-state index is 0.0609. The van der Waals surface area contributed by atoms with Gasteiger partial charge in [0.1, 0.15) is 0 Å². The average molecular weight is 733 g/mol. The number of fused-ring (bicyclic) bond motifs is 11. The molecule has 11 aromatic rings. The van der Waals surface area contributed by atoms with Crippen LogP contribution in [-0.4, -0.2) is 4.40 Å². The van der Waals surface area contributed by atoms with E-state index in [2.05, 4.69) is 205 Å². The summed E-state index contributed by atoms with van der Waals surface area (Å²) in [5.74, 6) is 0. The van der Waals surface area contributed by atoms with Crippen molar-refractivity contribution in [2.75, 3.05) is 4.90 Å². The molecule has 3 heteroatoms. The van der Waals surface area contributed by atoms with Gasteiger partial charge >= 0.3 is 0 Å². The van der Waals surface area contributed by atoms with Crippen LogP contribution in [0.2, 0.25) is 0 Å². The van der Waals surface area contributed by atoms with Gasteiger partial charge in [-0.25, -0.2) is 0 Å². The number of nitrogens with zero attached hydrogens (tertiary/aromatic N) is 2. The van der Waals surface area contributed by atoms with E-state index in [0.717, 1.165) is 17.1 Å². The van der Waals surface area contributed by atoms with Crippen molar-refractivity contribution in [3.05, 3.63) is 193 Å². The fourth-order valence-corrected chi connectivity index (χ4v) is 10.9. The van der Waals surface area contributed by atoms with E-state index in [4.69, 9.17) is 0 Å². The molecule has 1 aliphatic carbocycles. The summed E-state index contributed by atoms with van der Waals surface area (Å²) in [6, 6.07) is 67.4. The van der Waals surface area contributed by atoms with E-state index in [1.54, 1.807) is 0 Å². The van der Waals surface area contributed by atoms with Gasteiger partial charge in [0.2, 0.25) is 0 Å². The van der Waals surface area contributed by atoms with Crippen LogP contribution in [0.1, 0.15) is 25.0 Å². The second kappa shape index (κ2) is 11.7. The summed E-state index contributed by atoms with van der Waals surface area (Å²) >= 11 is 1.91. The summed E-state index contributed by atoms with van der Waals surface area (Å²) < 4.78 is 5.20. The molecule has 0 N–H and O–H groups in total. The number of thiophene rings is 1. The van der Waals surface area contributed by atoms with Gasteiger partial charge in [-0.15, -0.1) is 11.3 Å². The second-order valence-electron chi connectivity index (χ2n) is 15.7. The van der Waals surface area contributed by atoms with Crippen LogP contribution >= 0.6 is 11.3 Å². The molecule has 0 saturated carbocycles. The highest BCUT2D eigenvalue weighted by molar-refractivity contribution is 7.26. The van der Waals surface area contributed by atoms with Crippen LogP contribution in [0.15, 0.2) is 182 Å². The highest BCUT2D eigenvalue weighted by atomic mass is 32.1. The van der Waals surface area contributed by atoms with Gasteiger partial charge in [0.15, 0.2) is 0 Å². The predicted octanol–water partition coefficient (Wildman–Crippen LogP) is 15.2. The summed E-state index contributed by atoms with van der Waals surface area (Å²) in [4.78, 5) is 2.47. The molecule has 264 valence electrons. The molecule has 8 aromatic carbocycles. The van der Waals surface area contributed by atoms with Crippen LogP contribution < -0.4 is 4.90 Å². The minimum atomic E-state index is -0.0609. The summed E-state index contributed by atoms with van der Waals surface area (Å²) in [5.41, 5.74) is 17.5. The van der Waals surface area contributed by atoms with E-state index in [-0.39, 0.29) is 5.41 Å². The third-order valence-corrected chi connectivity index (χ3v) is 13.5. The molecule has 1 aliphatic rings. The van der Waals surface area contributed by atoms with Crippen molar-refractivity contribution in [1.82, 2.24) is 4.40 Å². The quantitative estimate of drug-likeness (QED) is 0.171. The number of aromatic nitrogens is 1. The minimum Gasteiger partial charge on any atom is -0.310 e. The van der Waals surface area contributed by atoms with Crippen molar-refractivity contribution in [3.8, 4) is 33.4 Å². The standard InChI is InChI=1S/C53H36N2S/c1-53(2)45-23-10-6-20-39(45)42-32-37(27-28-46(42)53)54(47-24-11-7-19-38(47)33-15-4-3-5-16-33)36-18-14-17-34(29-36)35-30-43-40-21-8-12-25-48(40)55-50(43)44(31-35)52-51(55)41-22-9-13-26-49(41)56-52/h3-32H,1-2H3. The van der Waals surface area contributed by atoms with E-state index in [0.29, 0.717) is 0 Å². The van der Waals surface area contributed by atoms with Gasteiger partial charge in [-0.05, 0) is 93.5 Å². The molecule has 0 unspecified atom stereocenters. The first-order valence-electron chi connectivity index (χ1n) is 19.4. The van der Waals surface area contributed by atoms with Crippen LogP contribution in [0.25, 0.3) is 80.9 Å². The van der Waals surface area contributed by atoms with E-state index in [1.807, 2.05) is 11.3 Å². The summed E-state index contributed by atoms with van der Waals surface area (Å²) in [6.45, 7) is 4.70. The van der Waals surface area contributed by atoms with Gasteiger partial charge in [-0.2, -0.15) is 0 Å². The maximum atomic E-state index is 2.52. The Morgan fingerprint density at radius 2 is 1.12 bits per heavy atom. The van der Waals surface area contributed by atoms with E-state index >= 15 is 0 Å². The molecule has 0 atom stereocenters. The molecule has 0 radical (unpaired) electrons. The number of hydrogen-bond donors (Lipinski definition) is 0. The van der Waals surface area contributed by atoms with Gasteiger partial charge in [0.05, 0.1) is 26.9 Å². The number of benzene rings is 8. The lowest BCUT2D eigenvalue weighted by molar-refractivity contribution is 0.660. The Morgan fingerprint density at radius 1 is 0.446 bits per heavy atom. The third-order valence-electron chi connectivity index (χ3n) is 12.3. The second-order valence-corrected chi connectivity index (χ2v) is 16.8. The van der Waals surface area contributed by atoms with Gasteiger partial charge < -0.3 is 9.30 Å². The summed E-state index contributed by atoms with van der Waals surface area (Å²) in [5, 5.41) is 5.24. The van der Waals surface area contributed by atoms with Crippen LogP contribution in [0.5, 0.6) is 0 Å². The van der Waals surface area contributed by atoms with Crippen molar-refractivity contribution >= 4 is 75.9 Å². The fraction of sp³-hybridized carbons (Fsp3) is 0.0566. The molecule has 0 fully saturated rings. The molecule has 3 heterocycles. The highest BCUT2D eigenvalue weighted by Crippen LogP contribution is 2.52. The molecule has 0 amide bonds.